The van der Waals surface area contributed by atoms with E-state index >= 15 is 0 Å². The van der Waals surface area contributed by atoms with Crippen molar-refractivity contribution in [1.82, 2.24) is 19.7 Å². The Bertz CT molecular complexity index is 1200. The molecule has 30 heavy (non-hydrogen) atoms. The minimum Gasteiger partial charge on any atom is -0.354 e. The van der Waals surface area contributed by atoms with E-state index in [9.17, 15) is 4.79 Å². The average Bonchev–Trinajstić information content (AvgIpc) is 3.28. The first kappa shape index (κ1) is 18.6. The van der Waals surface area contributed by atoms with Gasteiger partial charge in [-0.05, 0) is 49.6 Å². The molecular weight excluding hydrogens is 374 g/mol. The van der Waals surface area contributed by atoms with Gasteiger partial charge in [-0.25, -0.2) is 9.97 Å². The molecule has 1 aromatic carbocycles. The Morgan fingerprint density at radius 2 is 1.97 bits per heavy atom. The molecule has 1 unspecified atom stereocenters. The third kappa shape index (κ3) is 3.49. The van der Waals surface area contributed by atoms with Gasteiger partial charge in [0.1, 0.15) is 0 Å². The molecule has 6 heteroatoms. The van der Waals surface area contributed by atoms with E-state index in [4.69, 9.17) is 4.98 Å². The highest BCUT2D eigenvalue weighted by molar-refractivity contribution is 5.84. The van der Waals surface area contributed by atoms with Crippen molar-refractivity contribution in [3.63, 3.8) is 0 Å². The maximum atomic E-state index is 12.9. The number of nitrogens with one attached hydrogen (secondary N) is 1. The summed E-state index contributed by atoms with van der Waals surface area (Å²) in [4.78, 5) is 24.4. The van der Waals surface area contributed by atoms with Gasteiger partial charge in [0.05, 0.1) is 17.0 Å². The van der Waals surface area contributed by atoms with Crippen molar-refractivity contribution in [2.75, 3.05) is 18.0 Å². The zero-order valence-electron chi connectivity index (χ0n) is 17.1. The highest BCUT2D eigenvalue weighted by Gasteiger charge is 2.28. The largest absolute Gasteiger partial charge is 0.354 e. The van der Waals surface area contributed by atoms with Crippen LogP contribution in [0.1, 0.15) is 24.0 Å². The smallest absolute Gasteiger partial charge is 0.225 e. The summed E-state index contributed by atoms with van der Waals surface area (Å²) in [7, 11) is 0. The van der Waals surface area contributed by atoms with Gasteiger partial charge in [-0.3, -0.25) is 4.79 Å². The number of hydrogen-bond donors (Lipinski definition) is 1. The number of piperidine rings is 1. The number of amides is 1. The molecule has 1 fully saturated rings. The molecule has 0 radical (unpaired) electrons. The van der Waals surface area contributed by atoms with Crippen LogP contribution in [0, 0.1) is 12.8 Å². The molecular formula is C24H25N5O. The quantitative estimate of drug-likeness (QED) is 0.568. The fourth-order valence-electron chi connectivity index (χ4n) is 4.25. The second kappa shape index (κ2) is 7.78. The van der Waals surface area contributed by atoms with Gasteiger partial charge in [0, 0.05) is 32.0 Å². The third-order valence-corrected chi connectivity index (χ3v) is 5.89. The molecule has 0 saturated carbocycles. The molecule has 3 aromatic heterocycles. The van der Waals surface area contributed by atoms with Gasteiger partial charge in [0.25, 0.3) is 0 Å². The van der Waals surface area contributed by atoms with Crippen molar-refractivity contribution < 1.29 is 4.79 Å². The van der Waals surface area contributed by atoms with Crippen LogP contribution in [0.15, 0.2) is 60.9 Å². The monoisotopic (exact) mass is 399 g/mol. The second-order valence-corrected chi connectivity index (χ2v) is 8.03. The van der Waals surface area contributed by atoms with Gasteiger partial charge in [-0.1, -0.05) is 29.8 Å². The summed E-state index contributed by atoms with van der Waals surface area (Å²) in [6, 6.07) is 16.4. The molecule has 1 aliphatic rings. The Morgan fingerprint density at radius 3 is 2.83 bits per heavy atom. The summed E-state index contributed by atoms with van der Waals surface area (Å²) in [5.74, 6) is 0.980. The van der Waals surface area contributed by atoms with E-state index in [0.29, 0.717) is 13.1 Å². The standard InChI is InChI=1S/C24H25N5O/c1-17-8-10-18(11-9-17)15-26-24(30)19-5-3-13-28(16-19)23-21-7-4-14-29(21)20-6-2-12-25-22(20)27-23/h2,4,6-12,14,19H,3,5,13,15-16H2,1H3,(H,26,30). The molecule has 4 aromatic rings. The van der Waals surface area contributed by atoms with E-state index in [1.807, 2.05) is 24.4 Å². The number of carbonyl (C=O) groups is 1. The number of anilines is 1. The predicted molar refractivity (Wildman–Crippen MR) is 118 cm³/mol. The summed E-state index contributed by atoms with van der Waals surface area (Å²) in [5.41, 5.74) is 5.12. The Hall–Kier alpha value is -3.41. The number of pyridine rings is 1. The van der Waals surface area contributed by atoms with Gasteiger partial charge >= 0.3 is 0 Å². The molecule has 0 bridgehead atoms. The van der Waals surface area contributed by atoms with Crippen molar-refractivity contribution >= 4 is 28.4 Å². The lowest BCUT2D eigenvalue weighted by molar-refractivity contribution is -0.125. The van der Waals surface area contributed by atoms with Crippen molar-refractivity contribution in [2.24, 2.45) is 5.92 Å². The molecule has 0 spiro atoms. The van der Waals surface area contributed by atoms with Crippen molar-refractivity contribution in [3.05, 3.63) is 72.1 Å². The summed E-state index contributed by atoms with van der Waals surface area (Å²) in [6.45, 7) is 4.20. The number of aromatic nitrogens is 3. The van der Waals surface area contributed by atoms with Crippen molar-refractivity contribution in [2.45, 2.75) is 26.3 Å². The zero-order chi connectivity index (χ0) is 20.5. The lowest BCUT2D eigenvalue weighted by Crippen LogP contribution is -2.43. The number of benzene rings is 1. The van der Waals surface area contributed by atoms with Gasteiger partial charge in [0.2, 0.25) is 5.91 Å². The van der Waals surface area contributed by atoms with Crippen LogP contribution in [0.5, 0.6) is 0 Å². The minimum atomic E-state index is -0.0413. The molecule has 1 N–H and O–H groups in total. The van der Waals surface area contributed by atoms with E-state index in [1.54, 1.807) is 6.20 Å². The minimum absolute atomic E-state index is 0.0413. The van der Waals surface area contributed by atoms with Gasteiger partial charge in [-0.2, -0.15) is 0 Å². The fraction of sp³-hybridized carbons (Fsp3) is 0.292. The Morgan fingerprint density at radius 1 is 1.13 bits per heavy atom. The predicted octanol–water partition coefficient (Wildman–Crippen LogP) is 3.72. The lowest BCUT2D eigenvalue weighted by Gasteiger charge is -2.33. The van der Waals surface area contributed by atoms with E-state index < -0.39 is 0 Å². The molecule has 152 valence electrons. The van der Waals surface area contributed by atoms with Crippen LogP contribution in [-0.4, -0.2) is 33.4 Å². The maximum Gasteiger partial charge on any atom is 0.225 e. The highest BCUT2D eigenvalue weighted by atomic mass is 16.1. The average molecular weight is 399 g/mol. The number of nitrogens with zero attached hydrogens (tertiary/aromatic N) is 4. The third-order valence-electron chi connectivity index (χ3n) is 5.89. The van der Waals surface area contributed by atoms with Gasteiger partial charge in [-0.15, -0.1) is 0 Å². The number of aryl methyl sites for hydroxylation is 1. The first-order valence-corrected chi connectivity index (χ1v) is 10.5. The topological polar surface area (TPSA) is 62.5 Å². The number of hydrogen-bond acceptors (Lipinski definition) is 4. The maximum absolute atomic E-state index is 12.9. The van der Waals surface area contributed by atoms with E-state index in [0.717, 1.165) is 47.4 Å². The van der Waals surface area contributed by atoms with Crippen LogP contribution in [0.2, 0.25) is 0 Å². The van der Waals surface area contributed by atoms with Crippen molar-refractivity contribution in [1.29, 1.82) is 0 Å². The number of rotatable bonds is 4. The first-order chi connectivity index (χ1) is 14.7. The molecule has 6 nitrogen and oxygen atoms in total. The van der Waals surface area contributed by atoms with Gasteiger partial charge in [0.15, 0.2) is 11.5 Å². The molecule has 0 aliphatic carbocycles. The van der Waals surface area contributed by atoms with E-state index in [1.165, 1.54) is 5.56 Å². The summed E-state index contributed by atoms with van der Waals surface area (Å²) in [6.07, 6.45) is 5.68. The van der Waals surface area contributed by atoms with Crippen LogP contribution in [0.4, 0.5) is 5.82 Å². The fourth-order valence-corrected chi connectivity index (χ4v) is 4.25. The number of carbonyl (C=O) groups excluding carboxylic acids is 1. The second-order valence-electron chi connectivity index (χ2n) is 8.03. The van der Waals surface area contributed by atoms with Crippen LogP contribution in [0.25, 0.3) is 16.7 Å². The van der Waals surface area contributed by atoms with Crippen LogP contribution in [0.3, 0.4) is 0 Å². The summed E-state index contributed by atoms with van der Waals surface area (Å²) >= 11 is 0. The molecule has 1 atom stereocenters. The lowest BCUT2D eigenvalue weighted by atomic mass is 9.97. The molecule has 1 amide bonds. The number of fused-ring (bicyclic) bond motifs is 3. The summed E-state index contributed by atoms with van der Waals surface area (Å²) < 4.78 is 2.13. The molecule has 5 rings (SSSR count). The summed E-state index contributed by atoms with van der Waals surface area (Å²) in [5, 5.41) is 3.12. The zero-order valence-corrected chi connectivity index (χ0v) is 17.1. The Labute approximate surface area is 175 Å². The van der Waals surface area contributed by atoms with Crippen LogP contribution in [-0.2, 0) is 11.3 Å². The Kier molecular flexibility index (Phi) is 4.83. The van der Waals surface area contributed by atoms with Crippen molar-refractivity contribution in [3.8, 4) is 0 Å². The normalized spacial score (nSPS) is 16.8. The van der Waals surface area contributed by atoms with E-state index in [2.05, 4.69) is 56.9 Å². The van der Waals surface area contributed by atoms with E-state index in [-0.39, 0.29) is 11.8 Å². The van der Waals surface area contributed by atoms with Crippen LogP contribution < -0.4 is 10.2 Å². The molecule has 1 aliphatic heterocycles. The SMILES string of the molecule is Cc1ccc(CNC(=O)C2CCCN(c3nc4ncccc4n4cccc34)C2)cc1. The molecule has 1 saturated heterocycles. The van der Waals surface area contributed by atoms with Gasteiger partial charge < -0.3 is 14.6 Å². The molecule has 4 heterocycles. The highest BCUT2D eigenvalue weighted by Crippen LogP contribution is 2.28. The first-order valence-electron chi connectivity index (χ1n) is 10.5. The Balaban J connectivity index is 1.35. The van der Waals surface area contributed by atoms with Crippen LogP contribution >= 0.6 is 0 Å².